The summed E-state index contributed by atoms with van der Waals surface area (Å²) in [6, 6.07) is 0.0856. The average molecular weight is 315 g/mol. The maximum Gasteiger partial charge on any atom is 0.303 e. The van der Waals surface area contributed by atoms with Crippen LogP contribution in [0.4, 0.5) is 0 Å². The molecule has 120 valence electrons. The van der Waals surface area contributed by atoms with Gasteiger partial charge < -0.3 is 5.11 Å². The summed E-state index contributed by atoms with van der Waals surface area (Å²) in [5, 5.41) is 8.57. The summed E-state index contributed by atoms with van der Waals surface area (Å²) in [5.41, 5.74) is 0. The first-order valence-corrected chi connectivity index (χ1v) is 9.60. The van der Waals surface area contributed by atoms with Crippen LogP contribution in [0, 0.1) is 17.8 Å². The summed E-state index contributed by atoms with van der Waals surface area (Å²) < 4.78 is 25.8. The predicted octanol–water partition coefficient (Wildman–Crippen LogP) is 2.15. The minimum Gasteiger partial charge on any atom is -0.481 e. The molecule has 2 N–H and O–H groups in total. The number of hydrogen-bond acceptors (Lipinski definition) is 3. The SMILES string of the molecule is CS(=O)(=O)N[C@H]1C2CC[C@H](C2)[C@@H]1C/C=C\CCCC(=O)O. The quantitative estimate of drug-likeness (QED) is 0.531. The second-order valence-corrected chi connectivity index (χ2v) is 8.19. The van der Waals surface area contributed by atoms with Crippen molar-refractivity contribution in [2.45, 2.75) is 51.0 Å². The van der Waals surface area contributed by atoms with Crippen molar-refractivity contribution in [3.8, 4) is 0 Å². The minimum atomic E-state index is -3.15. The second kappa shape index (κ2) is 6.92. The smallest absolute Gasteiger partial charge is 0.303 e. The third-order valence-electron chi connectivity index (χ3n) is 4.77. The fraction of sp³-hybridized carbons (Fsp3) is 0.800. The van der Waals surface area contributed by atoms with Crippen molar-refractivity contribution in [1.29, 1.82) is 0 Å². The summed E-state index contributed by atoms with van der Waals surface area (Å²) in [6.45, 7) is 0. The Bertz CT molecular complexity index is 500. The van der Waals surface area contributed by atoms with Crippen LogP contribution in [0.5, 0.6) is 0 Å². The molecular weight excluding hydrogens is 290 g/mol. The first-order valence-electron chi connectivity index (χ1n) is 7.71. The number of aliphatic carboxylic acids is 1. The Hall–Kier alpha value is -0.880. The molecule has 2 fully saturated rings. The Morgan fingerprint density at radius 2 is 2.00 bits per heavy atom. The van der Waals surface area contributed by atoms with Crippen molar-refractivity contribution >= 4 is 16.0 Å². The molecule has 0 heterocycles. The molecule has 0 amide bonds. The van der Waals surface area contributed by atoms with Crippen LogP contribution in [0.2, 0.25) is 0 Å². The molecule has 2 bridgehead atoms. The number of carboxylic acid groups (broad SMARTS) is 1. The normalized spacial score (nSPS) is 32.0. The largest absolute Gasteiger partial charge is 0.481 e. The molecule has 0 aromatic heterocycles. The molecule has 4 atom stereocenters. The number of unbranched alkanes of at least 4 members (excludes halogenated alkanes) is 1. The van der Waals surface area contributed by atoms with E-state index in [-0.39, 0.29) is 12.5 Å². The van der Waals surface area contributed by atoms with Gasteiger partial charge in [0.25, 0.3) is 0 Å². The van der Waals surface area contributed by atoms with E-state index in [9.17, 15) is 13.2 Å². The number of fused-ring (bicyclic) bond motifs is 2. The van der Waals surface area contributed by atoms with E-state index in [1.807, 2.05) is 6.08 Å². The summed E-state index contributed by atoms with van der Waals surface area (Å²) >= 11 is 0. The summed E-state index contributed by atoms with van der Waals surface area (Å²) in [7, 11) is -3.15. The zero-order valence-electron chi connectivity index (χ0n) is 12.5. The lowest BCUT2D eigenvalue weighted by atomic mass is 9.83. The van der Waals surface area contributed by atoms with Crippen molar-refractivity contribution < 1.29 is 18.3 Å². The van der Waals surface area contributed by atoms with E-state index in [4.69, 9.17) is 5.11 Å². The monoisotopic (exact) mass is 315 g/mol. The summed E-state index contributed by atoms with van der Waals surface area (Å²) in [5.74, 6) is 0.774. The highest BCUT2D eigenvalue weighted by Crippen LogP contribution is 2.50. The van der Waals surface area contributed by atoms with E-state index in [2.05, 4.69) is 10.8 Å². The van der Waals surface area contributed by atoms with Crippen LogP contribution < -0.4 is 4.72 Å². The molecule has 1 unspecified atom stereocenters. The Kier molecular flexibility index (Phi) is 5.43. The van der Waals surface area contributed by atoms with Gasteiger partial charge in [-0.2, -0.15) is 0 Å². The van der Waals surface area contributed by atoms with E-state index in [0.717, 1.165) is 25.7 Å². The van der Waals surface area contributed by atoms with E-state index in [1.54, 1.807) is 0 Å². The van der Waals surface area contributed by atoms with E-state index < -0.39 is 16.0 Å². The zero-order chi connectivity index (χ0) is 15.5. The van der Waals surface area contributed by atoms with Crippen molar-refractivity contribution in [3.63, 3.8) is 0 Å². The van der Waals surface area contributed by atoms with Crippen molar-refractivity contribution in [2.24, 2.45) is 17.8 Å². The van der Waals surface area contributed by atoms with Gasteiger partial charge >= 0.3 is 5.97 Å². The predicted molar refractivity (Wildman–Crippen MR) is 81.3 cm³/mol. The molecular formula is C15H25NO4S. The number of sulfonamides is 1. The first-order chi connectivity index (χ1) is 9.87. The third kappa shape index (κ3) is 4.81. The van der Waals surface area contributed by atoms with Crippen LogP contribution in [0.1, 0.15) is 44.9 Å². The molecule has 2 rings (SSSR count). The van der Waals surface area contributed by atoms with Gasteiger partial charge in [0.1, 0.15) is 0 Å². The van der Waals surface area contributed by atoms with Gasteiger partial charge in [0.15, 0.2) is 0 Å². The van der Waals surface area contributed by atoms with Gasteiger partial charge in [-0.1, -0.05) is 12.2 Å². The number of rotatable bonds is 8. The van der Waals surface area contributed by atoms with Crippen LogP contribution in [-0.2, 0) is 14.8 Å². The van der Waals surface area contributed by atoms with Crippen molar-refractivity contribution in [3.05, 3.63) is 12.2 Å². The van der Waals surface area contributed by atoms with Crippen LogP contribution in [0.15, 0.2) is 12.2 Å². The van der Waals surface area contributed by atoms with Gasteiger partial charge in [-0.15, -0.1) is 0 Å². The molecule has 0 spiro atoms. The second-order valence-electron chi connectivity index (χ2n) is 6.41. The maximum atomic E-state index is 11.5. The molecule has 21 heavy (non-hydrogen) atoms. The summed E-state index contributed by atoms with van der Waals surface area (Å²) in [4.78, 5) is 10.4. The van der Waals surface area contributed by atoms with Crippen LogP contribution >= 0.6 is 0 Å². The van der Waals surface area contributed by atoms with Crippen LogP contribution in [-0.4, -0.2) is 31.8 Å². The number of hydrogen-bond donors (Lipinski definition) is 2. The van der Waals surface area contributed by atoms with Gasteiger partial charge in [-0.3, -0.25) is 4.79 Å². The molecule has 0 saturated heterocycles. The number of carboxylic acids is 1. The third-order valence-corrected chi connectivity index (χ3v) is 5.48. The van der Waals surface area contributed by atoms with E-state index in [0.29, 0.717) is 24.2 Å². The van der Waals surface area contributed by atoms with Crippen LogP contribution in [0.25, 0.3) is 0 Å². The molecule has 6 heteroatoms. The fourth-order valence-electron chi connectivity index (χ4n) is 3.92. The Morgan fingerprint density at radius 3 is 2.67 bits per heavy atom. The first kappa shape index (κ1) is 16.5. The lowest BCUT2D eigenvalue weighted by molar-refractivity contribution is -0.137. The Labute approximate surface area is 126 Å². The zero-order valence-corrected chi connectivity index (χ0v) is 13.3. The molecule has 0 aromatic carbocycles. The molecule has 0 radical (unpaired) electrons. The number of nitrogens with one attached hydrogen (secondary N) is 1. The molecule has 2 aliphatic rings. The molecule has 0 aliphatic heterocycles. The number of allylic oxidation sites excluding steroid dienone is 2. The Balaban J connectivity index is 1.83. The van der Waals surface area contributed by atoms with Gasteiger partial charge in [0.2, 0.25) is 10.0 Å². The summed E-state index contributed by atoms with van der Waals surface area (Å²) in [6.07, 6.45) is 11.4. The van der Waals surface area contributed by atoms with E-state index >= 15 is 0 Å². The van der Waals surface area contributed by atoms with Gasteiger partial charge in [0.05, 0.1) is 6.26 Å². The standard InChI is InChI=1S/C15H25NO4S/c1-21(19,20)16-15-12-9-8-11(10-12)13(15)6-4-2-3-5-7-14(17)18/h2,4,11-13,15-16H,3,5-10H2,1H3,(H,17,18)/b4-2-/t11-,12?,13+,15+/m1/s1. The fourth-order valence-corrected chi connectivity index (χ4v) is 4.78. The van der Waals surface area contributed by atoms with Crippen molar-refractivity contribution in [2.75, 3.05) is 6.26 Å². The molecule has 2 aliphatic carbocycles. The van der Waals surface area contributed by atoms with E-state index in [1.165, 1.54) is 12.7 Å². The van der Waals surface area contributed by atoms with Gasteiger partial charge in [-0.25, -0.2) is 13.1 Å². The minimum absolute atomic E-state index is 0.0856. The average Bonchev–Trinajstić information content (AvgIpc) is 2.93. The van der Waals surface area contributed by atoms with Gasteiger partial charge in [0, 0.05) is 12.5 Å². The highest BCUT2D eigenvalue weighted by atomic mass is 32.2. The topological polar surface area (TPSA) is 83.5 Å². The lowest BCUT2D eigenvalue weighted by Gasteiger charge is -2.30. The van der Waals surface area contributed by atoms with Gasteiger partial charge in [-0.05, 0) is 56.3 Å². The van der Waals surface area contributed by atoms with Crippen molar-refractivity contribution in [1.82, 2.24) is 4.72 Å². The highest BCUT2D eigenvalue weighted by molar-refractivity contribution is 7.88. The molecule has 0 aromatic rings. The van der Waals surface area contributed by atoms with Crippen LogP contribution in [0.3, 0.4) is 0 Å². The lowest BCUT2D eigenvalue weighted by Crippen LogP contribution is -2.43. The molecule has 2 saturated carbocycles. The maximum absolute atomic E-state index is 11.5. The Morgan fingerprint density at radius 1 is 1.29 bits per heavy atom. The molecule has 5 nitrogen and oxygen atoms in total. The highest BCUT2D eigenvalue weighted by Gasteiger charge is 2.47. The number of carbonyl (C=O) groups is 1.